The fourth-order valence-electron chi connectivity index (χ4n) is 0.402. The van der Waals surface area contributed by atoms with E-state index in [9.17, 15) is 4.79 Å². The fraction of sp³-hybridized carbons (Fsp3) is 0.600. The summed E-state index contributed by atoms with van der Waals surface area (Å²) in [6, 6.07) is -0.559. The van der Waals surface area contributed by atoms with E-state index in [1.54, 1.807) is 0 Å². The number of carbonyl (C=O) groups is 1. The van der Waals surface area contributed by atoms with Crippen LogP contribution in [0.25, 0.3) is 0 Å². The van der Waals surface area contributed by atoms with E-state index >= 15 is 0 Å². The number of aliphatic hydroxyl groups excluding tert-OH is 1. The molecule has 0 radical (unpaired) electrons. The quantitative estimate of drug-likeness (QED) is 0.511. The molecule has 0 aromatic rings. The first-order valence-corrected chi connectivity index (χ1v) is 3.60. The fourth-order valence-corrected chi connectivity index (χ4v) is 0.650. The van der Waals surface area contributed by atoms with Gasteiger partial charge >= 0.3 is 65.8 Å². The maximum atomic E-state index is 9.97. The van der Waals surface area contributed by atoms with Gasteiger partial charge in [0, 0.05) is 0 Å². The summed E-state index contributed by atoms with van der Waals surface area (Å²) in [5.74, 6) is -0.906. The molecule has 1 atom stereocenters. The summed E-state index contributed by atoms with van der Waals surface area (Å²) in [6.07, 6.45) is 0.237. The zero-order valence-corrected chi connectivity index (χ0v) is 6.99. The van der Waals surface area contributed by atoms with Gasteiger partial charge in [-0.2, -0.15) is 0 Å². The van der Waals surface area contributed by atoms with Gasteiger partial charge in [-0.15, -0.1) is 0 Å². The number of carboxylic acids is 1. The Morgan fingerprint density at radius 3 is 2.40 bits per heavy atom. The summed E-state index contributed by atoms with van der Waals surface area (Å²) < 4.78 is -0.0405. The van der Waals surface area contributed by atoms with Gasteiger partial charge in [0.1, 0.15) is 0 Å². The van der Waals surface area contributed by atoms with Gasteiger partial charge in [-0.25, -0.2) is 0 Å². The summed E-state index contributed by atoms with van der Waals surface area (Å²) in [6.45, 7) is 0. The molecule has 0 aliphatic rings. The van der Waals surface area contributed by atoms with Crippen molar-refractivity contribution in [2.75, 3.05) is 0 Å². The van der Waals surface area contributed by atoms with Crippen LogP contribution in [-0.2, 0) is 4.79 Å². The second-order valence-electron chi connectivity index (χ2n) is 1.88. The predicted octanol–water partition coefficient (Wildman–Crippen LogP) is -1.15. The SMILES string of the molecule is N[C@@H](CCC(=O)O)C(O)=[Se]. The summed E-state index contributed by atoms with van der Waals surface area (Å²) in [7, 11) is 0. The van der Waals surface area contributed by atoms with Gasteiger partial charge in [-0.3, -0.25) is 0 Å². The molecule has 0 aliphatic heterocycles. The van der Waals surface area contributed by atoms with Gasteiger partial charge in [0.25, 0.3) is 0 Å². The molecule has 4 nitrogen and oxygen atoms in total. The zero-order chi connectivity index (χ0) is 8.15. The molecule has 0 heterocycles. The molecule has 4 N–H and O–H groups in total. The van der Waals surface area contributed by atoms with Crippen molar-refractivity contribution in [3.05, 3.63) is 0 Å². The minimum atomic E-state index is -0.906. The predicted molar refractivity (Wildman–Crippen MR) is 37.5 cm³/mol. The van der Waals surface area contributed by atoms with E-state index in [1.165, 1.54) is 0 Å². The average Bonchev–Trinajstić information content (AvgIpc) is 1.82. The van der Waals surface area contributed by atoms with Gasteiger partial charge in [-0.05, 0) is 0 Å². The molecule has 0 spiro atoms. The molecule has 0 fully saturated rings. The zero-order valence-electron chi connectivity index (χ0n) is 5.28. The standard InChI is InChI=1S/C5H9NO3Se/c6-3(5(9)10)1-2-4(7)8/h3H,1-2,6H2,(H,7,8)(H,9,10)/t3-/m0/s1. The molecule has 0 aromatic carbocycles. The van der Waals surface area contributed by atoms with Crippen molar-refractivity contribution in [3.63, 3.8) is 0 Å². The van der Waals surface area contributed by atoms with Crippen LogP contribution in [0.3, 0.4) is 0 Å². The van der Waals surface area contributed by atoms with E-state index in [0.717, 1.165) is 0 Å². The molecule has 0 aliphatic carbocycles. The second kappa shape index (κ2) is 4.44. The van der Waals surface area contributed by atoms with Crippen LogP contribution in [0.15, 0.2) is 0 Å². The van der Waals surface area contributed by atoms with E-state index < -0.39 is 12.0 Å². The Labute approximate surface area is 66.4 Å². The van der Waals surface area contributed by atoms with Crippen LogP contribution in [0.5, 0.6) is 0 Å². The van der Waals surface area contributed by atoms with E-state index in [1.807, 2.05) is 0 Å². The van der Waals surface area contributed by atoms with Crippen molar-refractivity contribution in [2.24, 2.45) is 5.73 Å². The number of hydrogen-bond donors (Lipinski definition) is 3. The van der Waals surface area contributed by atoms with Gasteiger partial charge < -0.3 is 0 Å². The Kier molecular flexibility index (Phi) is 4.27. The van der Waals surface area contributed by atoms with Gasteiger partial charge in [0.2, 0.25) is 0 Å². The summed E-state index contributed by atoms with van der Waals surface area (Å²) in [4.78, 5) is 9.97. The first-order valence-electron chi connectivity index (χ1n) is 2.74. The Bertz CT molecular complexity index is 148. The van der Waals surface area contributed by atoms with Crippen LogP contribution >= 0.6 is 0 Å². The Morgan fingerprint density at radius 2 is 2.10 bits per heavy atom. The third-order valence-electron chi connectivity index (χ3n) is 0.986. The normalized spacial score (nSPS) is 12.5. The van der Waals surface area contributed by atoms with Crippen molar-refractivity contribution < 1.29 is 15.0 Å². The van der Waals surface area contributed by atoms with E-state index in [-0.39, 0.29) is 17.4 Å². The minimum absolute atomic E-state index is 0.0209. The van der Waals surface area contributed by atoms with Crippen molar-refractivity contribution in [1.29, 1.82) is 0 Å². The van der Waals surface area contributed by atoms with E-state index in [0.29, 0.717) is 0 Å². The molecule has 0 saturated carbocycles. The van der Waals surface area contributed by atoms with Crippen LogP contribution in [0.4, 0.5) is 0 Å². The number of aliphatic carboxylic acids is 1. The van der Waals surface area contributed by atoms with Crippen molar-refractivity contribution in [1.82, 2.24) is 0 Å². The molecule has 5 heteroatoms. The number of aliphatic hydroxyl groups is 1. The van der Waals surface area contributed by atoms with E-state index in [2.05, 4.69) is 15.6 Å². The molecule has 0 amide bonds. The Morgan fingerprint density at radius 1 is 1.60 bits per heavy atom. The molecule has 0 rings (SSSR count). The number of hydrogen-bond acceptors (Lipinski definition) is 3. The second-order valence-corrected chi connectivity index (χ2v) is 2.75. The summed E-state index contributed by atoms with van der Waals surface area (Å²) >= 11 is 2.32. The molecule has 0 unspecified atom stereocenters. The van der Waals surface area contributed by atoms with Gasteiger partial charge in [-0.1, -0.05) is 0 Å². The van der Waals surface area contributed by atoms with Crippen LogP contribution in [0.2, 0.25) is 0 Å². The van der Waals surface area contributed by atoms with Crippen molar-refractivity contribution in [3.8, 4) is 0 Å². The third-order valence-corrected chi connectivity index (χ3v) is 1.62. The summed E-state index contributed by atoms with van der Waals surface area (Å²) in [5, 5.41) is 16.9. The van der Waals surface area contributed by atoms with Crippen molar-refractivity contribution >= 4 is 26.1 Å². The molecular weight excluding hydrogens is 201 g/mol. The van der Waals surface area contributed by atoms with E-state index in [4.69, 9.17) is 15.9 Å². The number of nitrogens with two attached hydrogens (primary N) is 1. The molecule has 0 saturated heterocycles. The summed E-state index contributed by atoms with van der Waals surface area (Å²) in [5.41, 5.74) is 5.28. The third kappa shape index (κ3) is 4.49. The van der Waals surface area contributed by atoms with Crippen molar-refractivity contribution in [2.45, 2.75) is 18.9 Å². The molecule has 10 heavy (non-hydrogen) atoms. The number of rotatable bonds is 4. The van der Waals surface area contributed by atoms with Crippen LogP contribution in [-0.4, -0.2) is 42.4 Å². The van der Waals surface area contributed by atoms with Crippen LogP contribution < -0.4 is 5.73 Å². The Balaban J connectivity index is 3.49. The number of carboxylic acid groups (broad SMARTS) is 1. The Hall–Kier alpha value is -0.381. The molecule has 0 aromatic heterocycles. The topological polar surface area (TPSA) is 83.6 Å². The monoisotopic (exact) mass is 211 g/mol. The van der Waals surface area contributed by atoms with Gasteiger partial charge in [0.15, 0.2) is 0 Å². The molecular formula is C5H9NO3Se. The van der Waals surface area contributed by atoms with Crippen LogP contribution in [0.1, 0.15) is 12.8 Å². The first-order chi connectivity index (χ1) is 4.54. The maximum absolute atomic E-state index is 9.97. The molecule has 0 bridgehead atoms. The van der Waals surface area contributed by atoms with Gasteiger partial charge in [0.05, 0.1) is 0 Å². The average molecular weight is 210 g/mol. The van der Waals surface area contributed by atoms with Crippen LogP contribution in [0, 0.1) is 0 Å². The first kappa shape index (κ1) is 9.62. The molecule has 58 valence electrons.